The van der Waals surface area contributed by atoms with Crippen LogP contribution in [-0.4, -0.2) is 30.2 Å². The minimum absolute atomic E-state index is 0.124. The maximum absolute atomic E-state index is 5.58. The Kier molecular flexibility index (Phi) is 1.43. The van der Waals surface area contributed by atoms with Crippen LogP contribution in [0.15, 0.2) is 0 Å². The van der Waals surface area contributed by atoms with E-state index in [1.807, 2.05) is 13.8 Å². The molecule has 3 nitrogen and oxygen atoms in total. The fraction of sp³-hybridized carbons (Fsp3) is 1.00. The summed E-state index contributed by atoms with van der Waals surface area (Å²) < 4.78 is 16.7. The molecule has 3 heteroatoms. The van der Waals surface area contributed by atoms with E-state index in [1.54, 1.807) is 0 Å². The molecule has 70 valence electrons. The number of hydrogen-bond acceptors (Lipinski definition) is 3. The van der Waals surface area contributed by atoms with Crippen LogP contribution in [0.3, 0.4) is 0 Å². The molecule has 0 spiro atoms. The lowest BCUT2D eigenvalue weighted by molar-refractivity contribution is -0.219. The molecule has 0 aliphatic carbocycles. The Morgan fingerprint density at radius 2 is 1.25 bits per heavy atom. The van der Waals surface area contributed by atoms with Crippen LogP contribution in [0.4, 0.5) is 0 Å². The molecule has 0 bridgehead atoms. The SMILES string of the molecule is CC1(C)OCC2(C)OC2(C)CO1. The van der Waals surface area contributed by atoms with Gasteiger partial charge in [-0.3, -0.25) is 0 Å². The van der Waals surface area contributed by atoms with Gasteiger partial charge in [-0.05, 0) is 27.7 Å². The summed E-state index contributed by atoms with van der Waals surface area (Å²) in [5.41, 5.74) is -0.248. The highest BCUT2D eigenvalue weighted by atomic mass is 16.7. The third kappa shape index (κ3) is 1.08. The molecule has 0 amide bonds. The predicted octanol–water partition coefficient (Wildman–Crippen LogP) is 1.32. The van der Waals surface area contributed by atoms with E-state index in [4.69, 9.17) is 14.2 Å². The minimum Gasteiger partial charge on any atom is -0.358 e. The molecule has 0 saturated carbocycles. The minimum atomic E-state index is -0.456. The summed E-state index contributed by atoms with van der Waals surface area (Å²) in [6.07, 6.45) is 0. The quantitative estimate of drug-likeness (QED) is 0.516. The zero-order valence-electron chi connectivity index (χ0n) is 8.14. The van der Waals surface area contributed by atoms with Gasteiger partial charge in [0, 0.05) is 0 Å². The maximum atomic E-state index is 5.58. The Bertz CT molecular complexity index is 194. The Morgan fingerprint density at radius 3 is 1.67 bits per heavy atom. The summed E-state index contributed by atoms with van der Waals surface area (Å²) in [4.78, 5) is 0. The van der Waals surface area contributed by atoms with E-state index in [2.05, 4.69) is 13.8 Å². The third-order valence-electron chi connectivity index (χ3n) is 2.92. The van der Waals surface area contributed by atoms with Crippen molar-refractivity contribution in [2.24, 2.45) is 0 Å². The predicted molar refractivity (Wildman–Crippen MR) is 43.9 cm³/mol. The second-order valence-corrected chi connectivity index (χ2v) is 4.54. The molecule has 12 heavy (non-hydrogen) atoms. The van der Waals surface area contributed by atoms with E-state index in [9.17, 15) is 0 Å². The Morgan fingerprint density at radius 1 is 0.833 bits per heavy atom. The van der Waals surface area contributed by atoms with Crippen molar-refractivity contribution < 1.29 is 14.2 Å². The number of fused-ring (bicyclic) bond motifs is 1. The van der Waals surface area contributed by atoms with Gasteiger partial charge >= 0.3 is 0 Å². The fourth-order valence-corrected chi connectivity index (χ4v) is 1.50. The number of hydrogen-bond donors (Lipinski definition) is 0. The summed E-state index contributed by atoms with van der Waals surface area (Å²) in [5, 5.41) is 0. The summed E-state index contributed by atoms with van der Waals surface area (Å²) in [5.74, 6) is -0.456. The largest absolute Gasteiger partial charge is 0.358 e. The van der Waals surface area contributed by atoms with Crippen molar-refractivity contribution in [3.05, 3.63) is 0 Å². The fourth-order valence-electron chi connectivity index (χ4n) is 1.50. The first-order valence-corrected chi connectivity index (χ1v) is 4.35. The number of rotatable bonds is 0. The van der Waals surface area contributed by atoms with E-state index in [-0.39, 0.29) is 11.2 Å². The average Bonchev–Trinajstić information content (AvgIpc) is 2.50. The Balaban J connectivity index is 2.12. The molecule has 0 aromatic carbocycles. The van der Waals surface area contributed by atoms with Crippen LogP contribution >= 0.6 is 0 Å². The highest BCUT2D eigenvalue weighted by Gasteiger charge is 2.66. The first-order valence-electron chi connectivity index (χ1n) is 4.35. The monoisotopic (exact) mass is 172 g/mol. The van der Waals surface area contributed by atoms with Gasteiger partial charge in [0.05, 0.1) is 13.2 Å². The average molecular weight is 172 g/mol. The molecule has 2 heterocycles. The number of epoxide rings is 1. The van der Waals surface area contributed by atoms with Crippen LogP contribution in [0, 0.1) is 0 Å². The molecule has 2 saturated heterocycles. The first kappa shape index (κ1) is 8.48. The van der Waals surface area contributed by atoms with Crippen molar-refractivity contribution in [3.8, 4) is 0 Å². The Labute approximate surface area is 73.0 Å². The van der Waals surface area contributed by atoms with Gasteiger partial charge in [-0.25, -0.2) is 0 Å². The third-order valence-corrected chi connectivity index (χ3v) is 2.92. The van der Waals surface area contributed by atoms with E-state index in [1.165, 1.54) is 0 Å². The van der Waals surface area contributed by atoms with Crippen molar-refractivity contribution >= 4 is 0 Å². The van der Waals surface area contributed by atoms with Gasteiger partial charge in [0.15, 0.2) is 5.79 Å². The van der Waals surface area contributed by atoms with Crippen LogP contribution in [-0.2, 0) is 14.2 Å². The van der Waals surface area contributed by atoms with E-state index in [0.29, 0.717) is 13.2 Å². The topological polar surface area (TPSA) is 31.0 Å². The van der Waals surface area contributed by atoms with Crippen molar-refractivity contribution in [2.75, 3.05) is 13.2 Å². The number of ether oxygens (including phenoxy) is 3. The van der Waals surface area contributed by atoms with Gasteiger partial charge in [-0.15, -0.1) is 0 Å². The van der Waals surface area contributed by atoms with Gasteiger partial charge in [0.1, 0.15) is 11.2 Å². The molecule has 2 rings (SSSR count). The summed E-state index contributed by atoms with van der Waals surface area (Å²) in [6, 6.07) is 0. The highest BCUT2D eigenvalue weighted by Crippen LogP contribution is 2.50. The molecule has 2 fully saturated rings. The Hall–Kier alpha value is -0.120. The highest BCUT2D eigenvalue weighted by molar-refractivity contribution is 5.12. The van der Waals surface area contributed by atoms with Crippen LogP contribution in [0.5, 0.6) is 0 Å². The standard InChI is InChI=1S/C9H16O3/c1-7(2)10-5-8(3)9(4,12-8)6-11-7/h5-6H2,1-4H3. The second kappa shape index (κ2) is 2.03. The second-order valence-electron chi connectivity index (χ2n) is 4.54. The van der Waals surface area contributed by atoms with E-state index in [0.717, 1.165) is 0 Å². The molecule has 0 N–H and O–H groups in total. The lowest BCUT2D eigenvalue weighted by Crippen LogP contribution is -2.29. The molecule has 2 atom stereocenters. The van der Waals surface area contributed by atoms with Crippen molar-refractivity contribution in [1.82, 2.24) is 0 Å². The van der Waals surface area contributed by atoms with Crippen molar-refractivity contribution in [3.63, 3.8) is 0 Å². The van der Waals surface area contributed by atoms with Crippen molar-refractivity contribution in [1.29, 1.82) is 0 Å². The molecule has 0 aromatic rings. The molecule has 2 aliphatic rings. The lowest BCUT2D eigenvalue weighted by Gasteiger charge is -2.24. The van der Waals surface area contributed by atoms with Gasteiger partial charge in [0.25, 0.3) is 0 Å². The van der Waals surface area contributed by atoms with Gasteiger partial charge in [-0.2, -0.15) is 0 Å². The summed E-state index contributed by atoms with van der Waals surface area (Å²) >= 11 is 0. The zero-order chi connectivity index (χ0) is 9.04. The van der Waals surface area contributed by atoms with Crippen LogP contribution in [0.25, 0.3) is 0 Å². The maximum Gasteiger partial charge on any atom is 0.163 e. The molecule has 2 aliphatic heterocycles. The van der Waals surface area contributed by atoms with E-state index < -0.39 is 5.79 Å². The smallest absolute Gasteiger partial charge is 0.163 e. The van der Waals surface area contributed by atoms with Crippen LogP contribution in [0.2, 0.25) is 0 Å². The van der Waals surface area contributed by atoms with Gasteiger partial charge in [-0.1, -0.05) is 0 Å². The normalized spacial score (nSPS) is 51.0. The first-order chi connectivity index (χ1) is 5.37. The van der Waals surface area contributed by atoms with Gasteiger partial charge in [0.2, 0.25) is 0 Å². The molecule has 0 aromatic heterocycles. The molecular formula is C9H16O3. The summed E-state index contributed by atoms with van der Waals surface area (Å²) in [6.45, 7) is 9.25. The zero-order valence-corrected chi connectivity index (χ0v) is 8.14. The summed E-state index contributed by atoms with van der Waals surface area (Å²) in [7, 11) is 0. The molecule has 2 unspecified atom stereocenters. The van der Waals surface area contributed by atoms with Crippen molar-refractivity contribution in [2.45, 2.75) is 44.7 Å². The van der Waals surface area contributed by atoms with Gasteiger partial charge < -0.3 is 14.2 Å². The lowest BCUT2D eigenvalue weighted by atomic mass is 9.98. The van der Waals surface area contributed by atoms with Crippen LogP contribution < -0.4 is 0 Å². The van der Waals surface area contributed by atoms with E-state index >= 15 is 0 Å². The molecular weight excluding hydrogens is 156 g/mol. The molecule has 0 radical (unpaired) electrons. The van der Waals surface area contributed by atoms with Crippen LogP contribution in [0.1, 0.15) is 27.7 Å².